The first-order valence-corrected chi connectivity index (χ1v) is 13.4. The SMILES string of the molecule is O=C(NCCCSCc1ccccc1F)C1CCN(Cc2nc(-c3ccc(Br)cc3)no2)CC1. The summed E-state index contributed by atoms with van der Waals surface area (Å²) in [5.41, 5.74) is 1.65. The van der Waals surface area contributed by atoms with Gasteiger partial charge >= 0.3 is 0 Å². The molecule has 6 nitrogen and oxygen atoms in total. The number of carbonyl (C=O) groups excluding carboxylic acids is 1. The van der Waals surface area contributed by atoms with Crippen LogP contribution in [0.5, 0.6) is 0 Å². The summed E-state index contributed by atoms with van der Waals surface area (Å²) in [6.07, 6.45) is 2.52. The molecule has 2 heterocycles. The van der Waals surface area contributed by atoms with E-state index in [0.717, 1.165) is 53.7 Å². The first-order chi connectivity index (χ1) is 16.6. The largest absolute Gasteiger partial charge is 0.356 e. The Morgan fingerprint density at radius 3 is 2.71 bits per heavy atom. The molecule has 0 saturated carbocycles. The average molecular weight is 547 g/mol. The highest BCUT2D eigenvalue weighted by Gasteiger charge is 2.25. The van der Waals surface area contributed by atoms with Gasteiger partial charge in [0.05, 0.1) is 6.54 Å². The average Bonchev–Trinajstić information content (AvgIpc) is 3.31. The molecule has 1 amide bonds. The topological polar surface area (TPSA) is 71.3 Å². The number of hydrogen-bond acceptors (Lipinski definition) is 6. The van der Waals surface area contributed by atoms with Crippen LogP contribution >= 0.6 is 27.7 Å². The normalized spacial score (nSPS) is 14.9. The molecule has 0 aliphatic carbocycles. The van der Waals surface area contributed by atoms with Gasteiger partial charge in [-0.15, -0.1) is 0 Å². The lowest BCUT2D eigenvalue weighted by Gasteiger charge is -2.30. The van der Waals surface area contributed by atoms with Crippen molar-refractivity contribution in [3.63, 3.8) is 0 Å². The van der Waals surface area contributed by atoms with Gasteiger partial charge in [-0.3, -0.25) is 9.69 Å². The van der Waals surface area contributed by atoms with Crippen LogP contribution in [0.1, 0.15) is 30.7 Å². The number of thioether (sulfide) groups is 1. The molecule has 3 aromatic rings. The number of nitrogens with zero attached hydrogens (tertiary/aromatic N) is 3. The molecular weight excluding hydrogens is 519 g/mol. The minimum absolute atomic E-state index is 0.0447. The van der Waals surface area contributed by atoms with Crippen molar-refractivity contribution in [3.8, 4) is 11.4 Å². The Morgan fingerprint density at radius 1 is 1.18 bits per heavy atom. The van der Waals surface area contributed by atoms with E-state index in [-0.39, 0.29) is 17.6 Å². The van der Waals surface area contributed by atoms with E-state index in [2.05, 4.69) is 36.3 Å². The van der Waals surface area contributed by atoms with Gasteiger partial charge in [0.15, 0.2) is 0 Å². The molecule has 0 bridgehead atoms. The van der Waals surface area contributed by atoms with Gasteiger partial charge in [0.25, 0.3) is 0 Å². The zero-order valence-corrected chi connectivity index (χ0v) is 21.3. The predicted octanol–water partition coefficient (Wildman–Crippen LogP) is 5.29. The standard InChI is InChI=1S/C25H28BrFN4O2S/c26-21-8-6-18(7-9-21)24-29-23(33-30-24)16-31-13-10-19(11-14-31)25(32)28-12-3-15-34-17-20-4-1-2-5-22(20)27/h1-2,4-9,19H,3,10-17H2,(H,28,32). The molecule has 1 fully saturated rings. The van der Waals surface area contributed by atoms with Gasteiger partial charge in [-0.25, -0.2) is 4.39 Å². The van der Waals surface area contributed by atoms with Crippen molar-refractivity contribution < 1.29 is 13.7 Å². The number of amides is 1. The molecule has 0 spiro atoms. The number of nitrogens with one attached hydrogen (secondary N) is 1. The van der Waals surface area contributed by atoms with Gasteiger partial charge in [-0.05, 0) is 74.0 Å². The Labute approximate surface area is 211 Å². The van der Waals surface area contributed by atoms with Gasteiger partial charge in [0.2, 0.25) is 17.6 Å². The molecule has 0 atom stereocenters. The molecule has 1 N–H and O–H groups in total. The molecule has 1 saturated heterocycles. The number of likely N-dealkylation sites (tertiary alicyclic amines) is 1. The summed E-state index contributed by atoms with van der Waals surface area (Å²) in [6.45, 7) is 2.90. The Kier molecular flexibility index (Phi) is 9.12. The molecule has 9 heteroatoms. The molecule has 4 rings (SSSR count). The second-order valence-electron chi connectivity index (χ2n) is 8.36. The van der Waals surface area contributed by atoms with Crippen LogP contribution in [0.4, 0.5) is 4.39 Å². The zero-order chi connectivity index (χ0) is 23.8. The fraction of sp³-hybridized carbons (Fsp3) is 0.400. The lowest BCUT2D eigenvalue weighted by molar-refractivity contribution is -0.126. The number of rotatable bonds is 10. The minimum Gasteiger partial charge on any atom is -0.356 e. The molecule has 2 aromatic carbocycles. The predicted molar refractivity (Wildman–Crippen MR) is 136 cm³/mol. The van der Waals surface area contributed by atoms with E-state index in [0.29, 0.717) is 30.6 Å². The molecule has 1 aliphatic rings. The summed E-state index contributed by atoms with van der Waals surface area (Å²) in [7, 11) is 0. The molecule has 0 unspecified atom stereocenters. The number of benzene rings is 2. The second kappa shape index (κ2) is 12.5. The summed E-state index contributed by atoms with van der Waals surface area (Å²) in [5, 5.41) is 7.15. The van der Waals surface area contributed by atoms with Gasteiger partial charge in [-0.2, -0.15) is 16.7 Å². The number of carbonyl (C=O) groups is 1. The fourth-order valence-electron chi connectivity index (χ4n) is 3.91. The van der Waals surface area contributed by atoms with E-state index in [1.807, 2.05) is 36.4 Å². The monoisotopic (exact) mass is 546 g/mol. The van der Waals surface area contributed by atoms with Crippen molar-refractivity contribution >= 4 is 33.6 Å². The van der Waals surface area contributed by atoms with Crippen molar-refractivity contribution in [2.45, 2.75) is 31.6 Å². The summed E-state index contributed by atoms with van der Waals surface area (Å²) < 4.78 is 20.1. The lowest BCUT2D eigenvalue weighted by Crippen LogP contribution is -2.40. The van der Waals surface area contributed by atoms with Crippen LogP contribution in [-0.4, -0.2) is 46.3 Å². The number of halogens is 2. The summed E-state index contributed by atoms with van der Waals surface area (Å²) in [5.74, 6) is 2.75. The highest BCUT2D eigenvalue weighted by atomic mass is 79.9. The molecule has 1 aliphatic heterocycles. The maximum absolute atomic E-state index is 13.6. The third-order valence-electron chi connectivity index (χ3n) is 5.87. The summed E-state index contributed by atoms with van der Waals surface area (Å²) in [6, 6.07) is 14.7. The van der Waals surface area contributed by atoms with Gasteiger partial charge < -0.3 is 9.84 Å². The van der Waals surface area contributed by atoms with Gasteiger partial charge in [0, 0.05) is 28.3 Å². The maximum Gasteiger partial charge on any atom is 0.241 e. The van der Waals surface area contributed by atoms with Crippen LogP contribution in [0.15, 0.2) is 57.5 Å². The number of hydrogen-bond donors (Lipinski definition) is 1. The van der Waals surface area contributed by atoms with E-state index in [1.54, 1.807) is 17.8 Å². The van der Waals surface area contributed by atoms with Gasteiger partial charge in [-0.1, -0.05) is 39.3 Å². The quantitative estimate of drug-likeness (QED) is 0.348. The Bertz CT molecular complexity index is 1070. The van der Waals surface area contributed by atoms with Crippen LogP contribution in [0, 0.1) is 11.7 Å². The van der Waals surface area contributed by atoms with Crippen molar-refractivity contribution in [3.05, 3.63) is 70.3 Å². The van der Waals surface area contributed by atoms with Crippen LogP contribution < -0.4 is 5.32 Å². The fourth-order valence-corrected chi connectivity index (χ4v) is 5.12. The molecular formula is C25H28BrFN4O2S. The molecule has 1 aromatic heterocycles. The summed E-state index contributed by atoms with van der Waals surface area (Å²) in [4.78, 5) is 19.3. The van der Waals surface area contributed by atoms with Crippen LogP contribution in [0.3, 0.4) is 0 Å². The van der Waals surface area contributed by atoms with Crippen molar-refractivity contribution in [1.29, 1.82) is 0 Å². The van der Waals surface area contributed by atoms with E-state index in [9.17, 15) is 9.18 Å². The van der Waals surface area contributed by atoms with Crippen molar-refractivity contribution in [2.24, 2.45) is 5.92 Å². The third kappa shape index (κ3) is 7.13. The smallest absolute Gasteiger partial charge is 0.241 e. The van der Waals surface area contributed by atoms with E-state index < -0.39 is 0 Å². The second-order valence-corrected chi connectivity index (χ2v) is 10.4. The highest BCUT2D eigenvalue weighted by molar-refractivity contribution is 9.10. The number of aromatic nitrogens is 2. The minimum atomic E-state index is -0.154. The molecule has 180 valence electrons. The highest BCUT2D eigenvalue weighted by Crippen LogP contribution is 2.22. The molecule has 0 radical (unpaired) electrons. The Morgan fingerprint density at radius 2 is 1.94 bits per heavy atom. The maximum atomic E-state index is 13.6. The third-order valence-corrected chi connectivity index (χ3v) is 7.49. The van der Waals surface area contributed by atoms with E-state index in [1.165, 1.54) is 6.07 Å². The Balaban J connectivity index is 1.11. The zero-order valence-electron chi connectivity index (χ0n) is 18.9. The summed E-state index contributed by atoms with van der Waals surface area (Å²) >= 11 is 5.12. The van der Waals surface area contributed by atoms with Crippen LogP contribution in [0.25, 0.3) is 11.4 Å². The van der Waals surface area contributed by atoms with Crippen LogP contribution in [-0.2, 0) is 17.1 Å². The van der Waals surface area contributed by atoms with Crippen LogP contribution in [0.2, 0.25) is 0 Å². The first kappa shape index (κ1) is 24.9. The van der Waals surface area contributed by atoms with Crippen molar-refractivity contribution in [1.82, 2.24) is 20.4 Å². The van der Waals surface area contributed by atoms with Crippen molar-refractivity contribution in [2.75, 3.05) is 25.4 Å². The van der Waals surface area contributed by atoms with E-state index >= 15 is 0 Å². The van der Waals surface area contributed by atoms with Gasteiger partial charge in [0.1, 0.15) is 5.82 Å². The Hall–Kier alpha value is -2.23. The van der Waals surface area contributed by atoms with E-state index in [4.69, 9.17) is 4.52 Å². The lowest BCUT2D eigenvalue weighted by atomic mass is 9.96. The molecule has 34 heavy (non-hydrogen) atoms. The number of piperidine rings is 1. The first-order valence-electron chi connectivity index (χ1n) is 11.5.